The first-order valence-corrected chi connectivity index (χ1v) is 6.25. The SMILES string of the molecule is Nc1ncnc(N(CCO)C2CCCC2)c1Cl. The van der Waals surface area contributed by atoms with Crippen LogP contribution in [0.4, 0.5) is 11.6 Å². The predicted molar refractivity (Wildman–Crippen MR) is 68.1 cm³/mol. The van der Waals surface area contributed by atoms with E-state index in [9.17, 15) is 0 Å². The van der Waals surface area contributed by atoms with Crippen LogP contribution in [-0.2, 0) is 0 Å². The average molecular weight is 257 g/mol. The molecule has 1 aromatic rings. The lowest BCUT2D eigenvalue weighted by Crippen LogP contribution is -2.36. The van der Waals surface area contributed by atoms with E-state index in [1.165, 1.54) is 19.2 Å². The van der Waals surface area contributed by atoms with Gasteiger partial charge in [-0.3, -0.25) is 0 Å². The van der Waals surface area contributed by atoms with Gasteiger partial charge in [0.05, 0.1) is 6.61 Å². The molecule has 0 bridgehead atoms. The Kier molecular flexibility index (Phi) is 4.02. The molecule has 1 aromatic heterocycles. The van der Waals surface area contributed by atoms with Gasteiger partial charge < -0.3 is 15.7 Å². The van der Waals surface area contributed by atoms with E-state index in [1.54, 1.807) is 0 Å². The van der Waals surface area contributed by atoms with E-state index in [4.69, 9.17) is 22.4 Å². The minimum absolute atomic E-state index is 0.0801. The Morgan fingerprint density at radius 2 is 2.12 bits per heavy atom. The Morgan fingerprint density at radius 1 is 1.41 bits per heavy atom. The van der Waals surface area contributed by atoms with Crippen molar-refractivity contribution in [1.82, 2.24) is 9.97 Å². The molecule has 1 aliphatic rings. The summed E-state index contributed by atoms with van der Waals surface area (Å²) >= 11 is 6.13. The lowest BCUT2D eigenvalue weighted by molar-refractivity contribution is 0.297. The van der Waals surface area contributed by atoms with Crippen LogP contribution in [0.15, 0.2) is 6.33 Å². The number of nitrogens with two attached hydrogens (primary N) is 1. The number of aliphatic hydroxyl groups is 1. The zero-order valence-corrected chi connectivity index (χ0v) is 10.4. The molecule has 0 unspecified atom stereocenters. The molecule has 17 heavy (non-hydrogen) atoms. The Morgan fingerprint density at radius 3 is 2.76 bits per heavy atom. The molecule has 0 spiro atoms. The number of rotatable bonds is 4. The highest BCUT2D eigenvalue weighted by molar-refractivity contribution is 6.35. The third kappa shape index (κ3) is 2.61. The summed E-state index contributed by atoms with van der Waals surface area (Å²) in [6.45, 7) is 0.609. The second kappa shape index (κ2) is 5.51. The lowest BCUT2D eigenvalue weighted by atomic mass is 10.2. The Labute approximate surface area is 106 Å². The molecule has 1 heterocycles. The van der Waals surface area contributed by atoms with Gasteiger partial charge in [-0.05, 0) is 12.8 Å². The second-order valence-electron chi connectivity index (χ2n) is 4.25. The van der Waals surface area contributed by atoms with E-state index in [1.807, 2.05) is 4.90 Å². The number of hydrogen-bond donors (Lipinski definition) is 2. The topological polar surface area (TPSA) is 75.3 Å². The van der Waals surface area contributed by atoms with Crippen molar-refractivity contribution in [2.24, 2.45) is 0 Å². The number of nitrogens with zero attached hydrogens (tertiary/aromatic N) is 3. The van der Waals surface area contributed by atoms with E-state index in [0.29, 0.717) is 23.4 Å². The fourth-order valence-corrected chi connectivity index (χ4v) is 2.57. The summed E-state index contributed by atoms with van der Waals surface area (Å²) < 4.78 is 0. The standard InChI is InChI=1S/C11H17ClN4O/c12-9-10(13)14-7-15-11(9)16(5-6-17)8-3-1-2-4-8/h7-8,17H,1-6H2,(H2,13,14,15). The molecule has 0 amide bonds. The molecule has 1 fully saturated rings. The zero-order valence-electron chi connectivity index (χ0n) is 9.64. The normalized spacial score (nSPS) is 16.4. The van der Waals surface area contributed by atoms with Crippen molar-refractivity contribution in [1.29, 1.82) is 0 Å². The molecule has 0 saturated heterocycles. The molecule has 1 aliphatic carbocycles. The van der Waals surface area contributed by atoms with Gasteiger partial charge in [-0.15, -0.1) is 0 Å². The minimum atomic E-state index is 0.0801. The van der Waals surface area contributed by atoms with Crippen LogP contribution in [0.5, 0.6) is 0 Å². The smallest absolute Gasteiger partial charge is 0.153 e. The van der Waals surface area contributed by atoms with Crippen molar-refractivity contribution in [3.8, 4) is 0 Å². The molecule has 0 radical (unpaired) electrons. The van der Waals surface area contributed by atoms with Gasteiger partial charge in [-0.25, -0.2) is 9.97 Å². The molecular weight excluding hydrogens is 240 g/mol. The summed E-state index contributed by atoms with van der Waals surface area (Å²) in [6, 6.07) is 0.397. The molecular formula is C11H17ClN4O. The fourth-order valence-electron chi connectivity index (χ4n) is 2.36. The van der Waals surface area contributed by atoms with Crippen LogP contribution >= 0.6 is 11.6 Å². The van der Waals surface area contributed by atoms with E-state index in [2.05, 4.69) is 9.97 Å². The van der Waals surface area contributed by atoms with Gasteiger partial charge in [0.15, 0.2) is 5.82 Å². The molecule has 0 aromatic carbocycles. The van der Waals surface area contributed by atoms with Crippen molar-refractivity contribution >= 4 is 23.2 Å². The molecule has 1 saturated carbocycles. The van der Waals surface area contributed by atoms with Crippen LogP contribution in [0, 0.1) is 0 Å². The number of hydrogen-bond acceptors (Lipinski definition) is 5. The molecule has 0 atom stereocenters. The van der Waals surface area contributed by atoms with Gasteiger partial charge >= 0.3 is 0 Å². The maximum Gasteiger partial charge on any atom is 0.153 e. The Hall–Kier alpha value is -1.07. The highest BCUT2D eigenvalue weighted by atomic mass is 35.5. The summed E-state index contributed by atoms with van der Waals surface area (Å²) in [5, 5.41) is 9.54. The fraction of sp³-hybridized carbons (Fsp3) is 0.636. The number of anilines is 2. The summed E-state index contributed by atoms with van der Waals surface area (Å²) in [7, 11) is 0. The van der Waals surface area contributed by atoms with Crippen LogP contribution < -0.4 is 10.6 Å². The minimum Gasteiger partial charge on any atom is -0.395 e. The first-order valence-electron chi connectivity index (χ1n) is 5.87. The predicted octanol–water partition coefficient (Wildman–Crippen LogP) is 1.45. The van der Waals surface area contributed by atoms with Crippen LogP contribution in [0.25, 0.3) is 0 Å². The maximum atomic E-state index is 9.16. The van der Waals surface area contributed by atoms with E-state index in [-0.39, 0.29) is 12.4 Å². The number of aliphatic hydroxyl groups excluding tert-OH is 1. The van der Waals surface area contributed by atoms with Gasteiger partial charge in [-0.2, -0.15) is 0 Å². The van der Waals surface area contributed by atoms with E-state index < -0.39 is 0 Å². The van der Waals surface area contributed by atoms with E-state index >= 15 is 0 Å². The quantitative estimate of drug-likeness (QED) is 0.853. The van der Waals surface area contributed by atoms with E-state index in [0.717, 1.165) is 12.8 Å². The van der Waals surface area contributed by atoms with Crippen molar-refractivity contribution in [2.75, 3.05) is 23.8 Å². The molecule has 94 valence electrons. The summed E-state index contributed by atoms with van der Waals surface area (Å²) in [6.07, 6.45) is 6.06. The largest absolute Gasteiger partial charge is 0.395 e. The molecule has 6 heteroatoms. The number of aromatic nitrogens is 2. The average Bonchev–Trinajstić information content (AvgIpc) is 2.84. The molecule has 5 nitrogen and oxygen atoms in total. The summed E-state index contributed by atoms with van der Waals surface area (Å²) in [5.74, 6) is 0.928. The third-order valence-electron chi connectivity index (χ3n) is 3.18. The van der Waals surface area contributed by atoms with Crippen LogP contribution in [-0.4, -0.2) is 34.3 Å². The zero-order chi connectivity index (χ0) is 12.3. The first-order chi connectivity index (χ1) is 8.24. The summed E-state index contributed by atoms with van der Waals surface area (Å²) in [5.41, 5.74) is 5.68. The van der Waals surface area contributed by atoms with Crippen molar-refractivity contribution in [3.63, 3.8) is 0 Å². The van der Waals surface area contributed by atoms with Crippen LogP contribution in [0.2, 0.25) is 5.02 Å². The van der Waals surface area contributed by atoms with Gasteiger partial charge in [0.25, 0.3) is 0 Å². The van der Waals surface area contributed by atoms with Crippen molar-refractivity contribution < 1.29 is 5.11 Å². The highest BCUT2D eigenvalue weighted by Crippen LogP contribution is 2.32. The molecule has 3 N–H and O–H groups in total. The first kappa shape index (κ1) is 12.4. The Bertz CT molecular complexity index is 382. The maximum absolute atomic E-state index is 9.16. The third-order valence-corrected chi connectivity index (χ3v) is 3.54. The second-order valence-corrected chi connectivity index (χ2v) is 4.63. The van der Waals surface area contributed by atoms with Gasteiger partial charge in [0.2, 0.25) is 0 Å². The number of nitrogen functional groups attached to an aromatic ring is 1. The van der Waals surface area contributed by atoms with Crippen LogP contribution in [0.3, 0.4) is 0 Å². The molecule has 2 rings (SSSR count). The Balaban J connectivity index is 2.27. The van der Waals surface area contributed by atoms with Gasteiger partial charge in [-0.1, -0.05) is 24.4 Å². The molecule has 0 aliphatic heterocycles. The van der Waals surface area contributed by atoms with Gasteiger partial charge in [0, 0.05) is 12.6 Å². The number of halogens is 1. The monoisotopic (exact) mass is 256 g/mol. The van der Waals surface area contributed by atoms with Crippen molar-refractivity contribution in [3.05, 3.63) is 11.3 Å². The van der Waals surface area contributed by atoms with Gasteiger partial charge in [0.1, 0.15) is 17.2 Å². The highest BCUT2D eigenvalue weighted by Gasteiger charge is 2.25. The lowest BCUT2D eigenvalue weighted by Gasteiger charge is -2.30. The van der Waals surface area contributed by atoms with Crippen molar-refractivity contribution in [2.45, 2.75) is 31.7 Å². The van der Waals surface area contributed by atoms with Crippen LogP contribution in [0.1, 0.15) is 25.7 Å². The summed E-state index contributed by atoms with van der Waals surface area (Å²) in [4.78, 5) is 10.1.